The second-order valence-electron chi connectivity index (χ2n) is 7.76. The molecule has 1 aliphatic rings. The number of sulfonamides is 1. The molecule has 2 aromatic carbocycles. The van der Waals surface area contributed by atoms with E-state index in [0.29, 0.717) is 18.0 Å². The highest BCUT2D eigenvalue weighted by Gasteiger charge is 2.24. The first-order valence-electron chi connectivity index (χ1n) is 10.7. The Kier molecular flexibility index (Phi) is 8.67. The molecule has 0 spiro atoms. The Labute approximate surface area is 195 Å². The molecular formula is C23H31N3O6S. The van der Waals surface area contributed by atoms with E-state index in [1.165, 1.54) is 45.0 Å². The van der Waals surface area contributed by atoms with Gasteiger partial charge in [0.1, 0.15) is 0 Å². The summed E-state index contributed by atoms with van der Waals surface area (Å²) < 4.78 is 42.4. The highest BCUT2D eigenvalue weighted by atomic mass is 32.2. The number of hydrogen-bond donors (Lipinski definition) is 1. The van der Waals surface area contributed by atoms with Crippen molar-refractivity contribution in [2.75, 3.05) is 54.1 Å². The molecule has 0 aromatic heterocycles. The summed E-state index contributed by atoms with van der Waals surface area (Å²) in [5, 5.41) is 2.78. The van der Waals surface area contributed by atoms with Crippen molar-refractivity contribution in [3.63, 3.8) is 0 Å². The Balaban J connectivity index is 1.52. The zero-order chi connectivity index (χ0) is 23.8. The van der Waals surface area contributed by atoms with Gasteiger partial charge in [-0.05, 0) is 23.3 Å². The van der Waals surface area contributed by atoms with Crippen LogP contribution in [0.4, 0.5) is 0 Å². The van der Waals surface area contributed by atoms with Gasteiger partial charge in [-0.1, -0.05) is 24.3 Å². The molecule has 1 heterocycles. The molecule has 0 atom stereocenters. The van der Waals surface area contributed by atoms with Gasteiger partial charge in [-0.3, -0.25) is 9.69 Å². The molecule has 1 fully saturated rings. The van der Waals surface area contributed by atoms with Gasteiger partial charge in [-0.15, -0.1) is 0 Å². The fraction of sp³-hybridized carbons (Fsp3) is 0.435. The molecule has 0 aliphatic carbocycles. The molecule has 10 heteroatoms. The van der Waals surface area contributed by atoms with Crippen molar-refractivity contribution < 1.29 is 27.4 Å². The molecule has 1 saturated heterocycles. The second-order valence-corrected chi connectivity index (χ2v) is 9.80. The average molecular weight is 478 g/mol. The number of benzene rings is 2. The molecule has 1 N–H and O–H groups in total. The number of morpholine rings is 1. The van der Waals surface area contributed by atoms with E-state index in [1.54, 1.807) is 0 Å². The minimum absolute atomic E-state index is 0.0197. The van der Waals surface area contributed by atoms with Gasteiger partial charge in [-0.25, -0.2) is 8.42 Å². The highest BCUT2D eigenvalue weighted by molar-refractivity contribution is 7.89. The van der Waals surface area contributed by atoms with Crippen LogP contribution in [0.5, 0.6) is 11.5 Å². The van der Waals surface area contributed by atoms with E-state index >= 15 is 0 Å². The molecule has 0 unspecified atom stereocenters. The second kappa shape index (κ2) is 11.5. The van der Waals surface area contributed by atoms with Crippen LogP contribution in [0, 0.1) is 0 Å². The van der Waals surface area contributed by atoms with Crippen LogP contribution in [-0.4, -0.2) is 77.6 Å². The van der Waals surface area contributed by atoms with Gasteiger partial charge in [0.05, 0.1) is 38.9 Å². The summed E-state index contributed by atoms with van der Waals surface area (Å²) in [4.78, 5) is 14.7. The maximum absolute atomic E-state index is 12.8. The number of amides is 1. The van der Waals surface area contributed by atoms with Crippen LogP contribution in [0.15, 0.2) is 47.4 Å². The lowest BCUT2D eigenvalue weighted by atomic mass is 10.1. The first-order chi connectivity index (χ1) is 15.8. The number of methoxy groups -OCH3 is 2. The van der Waals surface area contributed by atoms with Crippen molar-refractivity contribution in [1.82, 2.24) is 14.5 Å². The minimum Gasteiger partial charge on any atom is -0.493 e. The third-order valence-electron chi connectivity index (χ3n) is 5.45. The van der Waals surface area contributed by atoms with Gasteiger partial charge in [0.2, 0.25) is 15.9 Å². The quantitative estimate of drug-likeness (QED) is 0.554. The monoisotopic (exact) mass is 477 g/mol. The van der Waals surface area contributed by atoms with Crippen LogP contribution in [0.2, 0.25) is 0 Å². The summed E-state index contributed by atoms with van der Waals surface area (Å²) in [5.41, 5.74) is 2.15. The van der Waals surface area contributed by atoms with Gasteiger partial charge >= 0.3 is 0 Å². The molecule has 0 bridgehead atoms. The first kappa shape index (κ1) is 25.0. The summed E-state index contributed by atoms with van der Waals surface area (Å²) in [7, 11) is 0.400. The average Bonchev–Trinajstić information content (AvgIpc) is 2.83. The van der Waals surface area contributed by atoms with Crippen molar-refractivity contribution in [2.45, 2.75) is 18.0 Å². The van der Waals surface area contributed by atoms with Gasteiger partial charge in [0.15, 0.2) is 11.5 Å². The van der Waals surface area contributed by atoms with Crippen molar-refractivity contribution in [3.8, 4) is 11.5 Å². The molecule has 2 aromatic rings. The molecule has 33 heavy (non-hydrogen) atoms. The van der Waals surface area contributed by atoms with Crippen LogP contribution in [-0.2, 0) is 32.6 Å². The Morgan fingerprint density at radius 1 is 1.03 bits per heavy atom. The molecule has 1 amide bonds. The van der Waals surface area contributed by atoms with Gasteiger partial charge < -0.3 is 19.5 Å². The minimum atomic E-state index is -3.87. The smallest absolute Gasteiger partial charge is 0.243 e. The van der Waals surface area contributed by atoms with Gasteiger partial charge in [-0.2, -0.15) is 4.31 Å². The number of ether oxygens (including phenoxy) is 3. The molecule has 3 rings (SSSR count). The largest absolute Gasteiger partial charge is 0.493 e. The summed E-state index contributed by atoms with van der Waals surface area (Å²) in [6.45, 7) is 4.27. The van der Waals surface area contributed by atoms with E-state index in [2.05, 4.69) is 10.2 Å². The van der Waals surface area contributed by atoms with Crippen LogP contribution in [0.3, 0.4) is 0 Å². The van der Waals surface area contributed by atoms with Crippen LogP contribution in [0.25, 0.3) is 0 Å². The van der Waals surface area contributed by atoms with Crippen molar-refractivity contribution >= 4 is 15.9 Å². The highest BCUT2D eigenvalue weighted by Crippen LogP contribution is 2.30. The lowest BCUT2D eigenvalue weighted by Crippen LogP contribution is -2.38. The Morgan fingerprint density at radius 2 is 1.67 bits per heavy atom. The number of rotatable bonds is 10. The third-order valence-corrected chi connectivity index (χ3v) is 7.25. The number of carbonyl (C=O) groups excluding carboxylic acids is 1. The van der Waals surface area contributed by atoms with Gasteiger partial charge in [0, 0.05) is 39.3 Å². The Morgan fingerprint density at radius 3 is 2.30 bits per heavy atom. The molecule has 0 radical (unpaired) electrons. The lowest BCUT2D eigenvalue weighted by molar-refractivity contribution is -0.121. The molecular weight excluding hydrogens is 446 g/mol. The zero-order valence-electron chi connectivity index (χ0n) is 19.2. The fourth-order valence-corrected chi connectivity index (χ4v) is 4.62. The van der Waals surface area contributed by atoms with E-state index in [0.717, 1.165) is 42.7 Å². The van der Waals surface area contributed by atoms with E-state index < -0.39 is 10.0 Å². The fourth-order valence-electron chi connectivity index (χ4n) is 3.48. The summed E-state index contributed by atoms with van der Waals surface area (Å²) in [6, 6.07) is 12.3. The van der Waals surface area contributed by atoms with Crippen molar-refractivity contribution in [2.24, 2.45) is 0 Å². The maximum Gasteiger partial charge on any atom is 0.243 e. The summed E-state index contributed by atoms with van der Waals surface area (Å²) in [5.74, 6) is 0.334. The van der Waals surface area contributed by atoms with E-state index in [4.69, 9.17) is 14.2 Å². The van der Waals surface area contributed by atoms with Crippen LogP contribution < -0.4 is 14.8 Å². The first-order valence-corrected chi connectivity index (χ1v) is 12.1. The standard InChI is InChI=1S/C23H31N3O6S/c1-25(33(28,29)20-8-9-21(30-2)22(14-20)31-3)17-23(27)24-15-18-4-6-19(7-5-18)16-26-10-12-32-13-11-26/h4-9,14H,10-13,15-17H2,1-3H3,(H,24,27). The number of nitrogens with one attached hydrogen (secondary N) is 1. The lowest BCUT2D eigenvalue weighted by Gasteiger charge is -2.26. The number of hydrogen-bond acceptors (Lipinski definition) is 7. The van der Waals surface area contributed by atoms with Crippen LogP contribution >= 0.6 is 0 Å². The van der Waals surface area contributed by atoms with Crippen molar-refractivity contribution in [1.29, 1.82) is 0 Å². The van der Waals surface area contributed by atoms with E-state index in [1.807, 2.05) is 24.3 Å². The van der Waals surface area contributed by atoms with E-state index in [9.17, 15) is 13.2 Å². The Hall–Kier alpha value is -2.66. The maximum atomic E-state index is 12.8. The van der Waals surface area contributed by atoms with Crippen molar-refractivity contribution in [3.05, 3.63) is 53.6 Å². The third kappa shape index (κ3) is 6.67. The molecule has 9 nitrogen and oxygen atoms in total. The predicted molar refractivity (Wildman–Crippen MR) is 124 cm³/mol. The Bertz CT molecular complexity index is 1040. The molecule has 180 valence electrons. The predicted octanol–water partition coefficient (Wildman–Crippen LogP) is 1.47. The van der Waals surface area contributed by atoms with Gasteiger partial charge in [0.25, 0.3) is 0 Å². The molecule has 1 aliphatic heterocycles. The number of carbonyl (C=O) groups is 1. The zero-order valence-corrected chi connectivity index (χ0v) is 20.1. The normalized spacial score (nSPS) is 14.8. The summed E-state index contributed by atoms with van der Waals surface area (Å²) in [6.07, 6.45) is 0. The number of nitrogens with zero attached hydrogens (tertiary/aromatic N) is 2. The SMILES string of the molecule is COc1ccc(S(=O)(=O)N(C)CC(=O)NCc2ccc(CN3CCOCC3)cc2)cc1OC. The van der Waals surface area contributed by atoms with Crippen LogP contribution in [0.1, 0.15) is 11.1 Å². The topological polar surface area (TPSA) is 97.4 Å². The number of likely N-dealkylation sites (N-methyl/N-ethyl adjacent to an activating group) is 1. The van der Waals surface area contributed by atoms with E-state index in [-0.39, 0.29) is 17.3 Å². The summed E-state index contributed by atoms with van der Waals surface area (Å²) >= 11 is 0. The molecule has 0 saturated carbocycles.